The largest absolute Gasteiger partial charge is 0.495 e. The Balaban J connectivity index is 1.23. The number of para-hydroxylation sites is 3. The fraction of sp³-hybridized carbons (Fsp3) is 0.407. The number of anilines is 2. The van der Waals surface area contributed by atoms with Crippen molar-refractivity contribution in [3.8, 4) is 17.2 Å². The Morgan fingerprint density at radius 2 is 1.54 bits per heavy atom. The van der Waals surface area contributed by atoms with Crippen molar-refractivity contribution in [1.29, 1.82) is 0 Å². The molecule has 8 heteroatoms. The molecule has 0 bridgehead atoms. The van der Waals surface area contributed by atoms with E-state index in [1.54, 1.807) is 21.3 Å². The number of methoxy groups -OCH3 is 3. The zero-order valence-corrected chi connectivity index (χ0v) is 20.7. The van der Waals surface area contributed by atoms with Gasteiger partial charge in [0.25, 0.3) is 0 Å². The van der Waals surface area contributed by atoms with Gasteiger partial charge < -0.3 is 24.0 Å². The number of aromatic nitrogens is 2. The first-order valence-corrected chi connectivity index (χ1v) is 12.1. The van der Waals surface area contributed by atoms with E-state index in [4.69, 9.17) is 24.2 Å². The van der Waals surface area contributed by atoms with Crippen molar-refractivity contribution in [1.82, 2.24) is 14.9 Å². The monoisotopic (exact) mass is 475 g/mol. The Morgan fingerprint density at radius 1 is 0.800 bits per heavy atom. The Labute approximate surface area is 207 Å². The molecule has 35 heavy (non-hydrogen) atoms. The number of hydrogen-bond acceptors (Lipinski definition) is 8. The average Bonchev–Trinajstić information content (AvgIpc) is 2.92. The van der Waals surface area contributed by atoms with Gasteiger partial charge in [0.05, 0.1) is 32.7 Å². The summed E-state index contributed by atoms with van der Waals surface area (Å²) in [5.74, 6) is 3.33. The molecule has 184 valence electrons. The third kappa shape index (κ3) is 4.84. The average molecular weight is 476 g/mol. The van der Waals surface area contributed by atoms with Crippen LogP contribution in [-0.2, 0) is 19.5 Å². The van der Waals surface area contributed by atoms with Gasteiger partial charge in [-0.05, 0) is 18.2 Å². The van der Waals surface area contributed by atoms with Crippen LogP contribution in [0.2, 0.25) is 0 Å². The predicted molar refractivity (Wildman–Crippen MR) is 137 cm³/mol. The molecule has 0 unspecified atom stereocenters. The van der Waals surface area contributed by atoms with E-state index in [0.717, 1.165) is 92.4 Å². The van der Waals surface area contributed by atoms with Crippen molar-refractivity contribution >= 4 is 11.6 Å². The van der Waals surface area contributed by atoms with E-state index in [0.29, 0.717) is 0 Å². The molecule has 5 rings (SSSR count). The van der Waals surface area contributed by atoms with Gasteiger partial charge in [-0.2, -0.15) is 0 Å². The molecule has 3 heterocycles. The normalized spacial score (nSPS) is 16.1. The minimum absolute atomic E-state index is 0.765. The van der Waals surface area contributed by atoms with Crippen LogP contribution in [0.25, 0.3) is 0 Å². The molecule has 0 spiro atoms. The number of benzene rings is 2. The zero-order chi connectivity index (χ0) is 24.2. The summed E-state index contributed by atoms with van der Waals surface area (Å²) < 4.78 is 16.6. The second-order valence-corrected chi connectivity index (χ2v) is 8.90. The number of ether oxygens (including phenoxy) is 3. The van der Waals surface area contributed by atoms with Crippen molar-refractivity contribution in [3.63, 3.8) is 0 Å². The van der Waals surface area contributed by atoms with Crippen molar-refractivity contribution in [2.45, 2.75) is 19.5 Å². The van der Waals surface area contributed by atoms with E-state index >= 15 is 0 Å². The fourth-order valence-electron chi connectivity index (χ4n) is 5.01. The van der Waals surface area contributed by atoms with Gasteiger partial charge in [0.15, 0.2) is 11.5 Å². The topological polar surface area (TPSA) is 63.2 Å². The van der Waals surface area contributed by atoms with Crippen LogP contribution < -0.4 is 24.0 Å². The van der Waals surface area contributed by atoms with Crippen LogP contribution >= 0.6 is 0 Å². The molecule has 0 atom stereocenters. The van der Waals surface area contributed by atoms with E-state index < -0.39 is 0 Å². The lowest BCUT2D eigenvalue weighted by Gasteiger charge is -2.37. The summed E-state index contributed by atoms with van der Waals surface area (Å²) in [5, 5.41) is 0. The molecule has 0 aliphatic carbocycles. The molecule has 2 aliphatic heterocycles. The Kier molecular flexibility index (Phi) is 6.90. The molecule has 1 saturated heterocycles. The summed E-state index contributed by atoms with van der Waals surface area (Å²) in [6.45, 7) is 6.18. The first-order chi connectivity index (χ1) is 17.2. The molecule has 3 aromatic rings. The lowest BCUT2D eigenvalue weighted by atomic mass is 10.1. The summed E-state index contributed by atoms with van der Waals surface area (Å²) >= 11 is 0. The van der Waals surface area contributed by atoms with Gasteiger partial charge in [0.2, 0.25) is 5.95 Å². The predicted octanol–water partition coefficient (Wildman–Crippen LogP) is 3.39. The van der Waals surface area contributed by atoms with Crippen molar-refractivity contribution in [2.75, 3.05) is 63.9 Å². The van der Waals surface area contributed by atoms with E-state index in [9.17, 15) is 0 Å². The Morgan fingerprint density at radius 3 is 2.31 bits per heavy atom. The van der Waals surface area contributed by atoms with Crippen molar-refractivity contribution in [2.24, 2.45) is 0 Å². The fourth-order valence-corrected chi connectivity index (χ4v) is 5.01. The second-order valence-electron chi connectivity index (χ2n) is 8.90. The van der Waals surface area contributed by atoms with Gasteiger partial charge in [-0.3, -0.25) is 4.90 Å². The molecule has 1 aromatic heterocycles. The van der Waals surface area contributed by atoms with E-state index in [-0.39, 0.29) is 0 Å². The van der Waals surface area contributed by atoms with Crippen LogP contribution in [0.1, 0.15) is 16.8 Å². The van der Waals surface area contributed by atoms with Gasteiger partial charge in [0.1, 0.15) is 5.75 Å². The van der Waals surface area contributed by atoms with Crippen LogP contribution in [0.3, 0.4) is 0 Å². The molecule has 0 radical (unpaired) electrons. The molecule has 2 aliphatic rings. The first-order valence-electron chi connectivity index (χ1n) is 12.1. The second kappa shape index (κ2) is 10.4. The Bertz CT molecular complexity index is 1160. The number of nitrogens with zero attached hydrogens (tertiary/aromatic N) is 5. The molecule has 0 amide bonds. The summed E-state index contributed by atoms with van der Waals surface area (Å²) in [4.78, 5) is 16.8. The van der Waals surface area contributed by atoms with Crippen LogP contribution in [0.5, 0.6) is 17.2 Å². The summed E-state index contributed by atoms with van der Waals surface area (Å²) in [6, 6.07) is 14.2. The van der Waals surface area contributed by atoms with E-state index in [1.807, 2.05) is 30.5 Å². The zero-order valence-electron chi connectivity index (χ0n) is 20.7. The summed E-state index contributed by atoms with van der Waals surface area (Å²) in [5.41, 5.74) is 4.64. The highest BCUT2D eigenvalue weighted by atomic mass is 16.5. The van der Waals surface area contributed by atoms with Crippen LogP contribution in [0, 0.1) is 0 Å². The lowest BCUT2D eigenvalue weighted by Crippen LogP contribution is -2.47. The van der Waals surface area contributed by atoms with Crippen molar-refractivity contribution in [3.05, 3.63) is 65.5 Å². The lowest BCUT2D eigenvalue weighted by molar-refractivity contribution is 0.238. The standard InChI is InChI=1S/C27H33N5O3/c1-33-24-9-5-4-8-23(24)31-13-15-32(16-14-31)27-28-17-21-19-30(12-11-22(21)29-27)18-20-7-6-10-25(34-2)26(20)35-3/h4-10,17H,11-16,18-19H2,1-3H3. The number of fused-ring (bicyclic) bond motifs is 1. The molecular weight excluding hydrogens is 442 g/mol. The van der Waals surface area contributed by atoms with E-state index in [1.165, 1.54) is 5.56 Å². The number of piperazine rings is 1. The molecular formula is C27H33N5O3. The van der Waals surface area contributed by atoms with Gasteiger partial charge >= 0.3 is 0 Å². The third-order valence-electron chi connectivity index (χ3n) is 6.87. The SMILES string of the molecule is COc1ccccc1N1CCN(c2ncc3c(n2)CCN(Cc2cccc(OC)c2OC)C3)CC1. The van der Waals surface area contributed by atoms with Gasteiger partial charge in [-0.25, -0.2) is 9.97 Å². The van der Waals surface area contributed by atoms with Gasteiger partial charge in [-0.15, -0.1) is 0 Å². The smallest absolute Gasteiger partial charge is 0.225 e. The maximum atomic E-state index is 5.62. The minimum Gasteiger partial charge on any atom is -0.495 e. The highest BCUT2D eigenvalue weighted by molar-refractivity contribution is 5.59. The maximum absolute atomic E-state index is 5.62. The van der Waals surface area contributed by atoms with E-state index in [2.05, 4.69) is 32.9 Å². The van der Waals surface area contributed by atoms with Gasteiger partial charge in [0, 0.05) is 69.6 Å². The van der Waals surface area contributed by atoms with Gasteiger partial charge in [-0.1, -0.05) is 24.3 Å². The highest BCUT2D eigenvalue weighted by Crippen LogP contribution is 2.33. The van der Waals surface area contributed by atoms with Crippen LogP contribution in [0.15, 0.2) is 48.7 Å². The van der Waals surface area contributed by atoms with Crippen LogP contribution in [-0.4, -0.2) is 68.9 Å². The van der Waals surface area contributed by atoms with Crippen LogP contribution in [0.4, 0.5) is 11.6 Å². The highest BCUT2D eigenvalue weighted by Gasteiger charge is 2.24. The first kappa shape index (κ1) is 23.2. The molecule has 0 N–H and O–H groups in total. The summed E-state index contributed by atoms with van der Waals surface area (Å²) in [7, 11) is 5.09. The maximum Gasteiger partial charge on any atom is 0.225 e. The Hall–Kier alpha value is -3.52. The van der Waals surface area contributed by atoms with Crippen molar-refractivity contribution < 1.29 is 14.2 Å². The third-order valence-corrected chi connectivity index (χ3v) is 6.87. The molecule has 1 fully saturated rings. The summed E-state index contributed by atoms with van der Waals surface area (Å²) in [6.07, 6.45) is 2.93. The molecule has 0 saturated carbocycles. The molecule has 8 nitrogen and oxygen atoms in total. The number of rotatable bonds is 7. The number of hydrogen-bond donors (Lipinski definition) is 0. The molecule has 2 aromatic carbocycles. The quantitative estimate of drug-likeness (QED) is 0.515. The minimum atomic E-state index is 0.765.